The zero-order valence-electron chi connectivity index (χ0n) is 21.4. The van der Waals surface area contributed by atoms with E-state index in [1.807, 2.05) is 44.2 Å². The van der Waals surface area contributed by atoms with Crippen LogP contribution in [0.2, 0.25) is 0 Å². The molecule has 2 aromatic rings. The maximum atomic E-state index is 12.3. The first kappa shape index (κ1) is 29.0. The standard InChI is InChI=1S/C27H41NO7/c1-19(2)15-22(27(31)35-20(3)4)10-11-23(29)16-32-13-14-33-17-24(30)18-34-25-9-5-7-21-8-6-12-28-26(21)25/h5-9,12,19-20,22-24,29-30H,10-11,13-18H2,1-4H3. The van der Waals surface area contributed by atoms with Crippen LogP contribution in [0.5, 0.6) is 5.75 Å². The van der Waals surface area contributed by atoms with Crippen molar-refractivity contribution in [2.75, 3.05) is 33.0 Å². The van der Waals surface area contributed by atoms with E-state index in [-0.39, 0.29) is 44.4 Å². The molecule has 2 rings (SSSR count). The number of carbonyl (C=O) groups is 1. The summed E-state index contributed by atoms with van der Waals surface area (Å²) in [7, 11) is 0. The smallest absolute Gasteiger partial charge is 0.309 e. The van der Waals surface area contributed by atoms with E-state index in [1.54, 1.807) is 6.20 Å². The summed E-state index contributed by atoms with van der Waals surface area (Å²) in [5.74, 6) is 0.570. The number of carbonyl (C=O) groups excluding carboxylic acids is 1. The Bertz CT molecular complexity index is 868. The number of pyridine rings is 1. The number of hydrogen-bond acceptors (Lipinski definition) is 8. The number of ether oxygens (including phenoxy) is 4. The third-order valence-electron chi connectivity index (χ3n) is 5.31. The second kappa shape index (κ2) is 15.7. The monoisotopic (exact) mass is 491 g/mol. The minimum atomic E-state index is -0.789. The van der Waals surface area contributed by atoms with Crippen molar-refractivity contribution in [2.45, 2.75) is 65.3 Å². The number of aliphatic hydroxyl groups is 2. The molecule has 35 heavy (non-hydrogen) atoms. The Morgan fingerprint density at radius 1 is 0.914 bits per heavy atom. The fraction of sp³-hybridized carbons (Fsp3) is 0.630. The highest BCUT2D eigenvalue weighted by Gasteiger charge is 2.23. The molecule has 0 bridgehead atoms. The van der Waals surface area contributed by atoms with Crippen LogP contribution in [0.4, 0.5) is 0 Å². The first-order chi connectivity index (χ1) is 16.8. The van der Waals surface area contributed by atoms with E-state index in [1.165, 1.54) is 0 Å². The van der Waals surface area contributed by atoms with Crippen molar-refractivity contribution in [2.24, 2.45) is 11.8 Å². The second-order valence-corrected chi connectivity index (χ2v) is 9.49. The largest absolute Gasteiger partial charge is 0.489 e. The van der Waals surface area contributed by atoms with Gasteiger partial charge in [0.05, 0.1) is 44.6 Å². The SMILES string of the molecule is CC(C)CC(CCC(O)COCCOCC(O)COc1cccc2cccnc12)C(=O)OC(C)C. The van der Waals surface area contributed by atoms with E-state index in [9.17, 15) is 15.0 Å². The molecule has 1 heterocycles. The van der Waals surface area contributed by atoms with Gasteiger partial charge in [-0.1, -0.05) is 32.0 Å². The van der Waals surface area contributed by atoms with Gasteiger partial charge >= 0.3 is 5.97 Å². The predicted octanol–water partition coefficient (Wildman–Crippen LogP) is 3.76. The number of esters is 1. The van der Waals surface area contributed by atoms with Gasteiger partial charge in [-0.05, 0) is 51.2 Å². The van der Waals surface area contributed by atoms with Gasteiger partial charge in [0.1, 0.15) is 24.0 Å². The van der Waals surface area contributed by atoms with Crippen molar-refractivity contribution < 1.29 is 34.0 Å². The molecule has 0 fully saturated rings. The molecular formula is C27H41NO7. The van der Waals surface area contributed by atoms with Gasteiger partial charge < -0.3 is 29.2 Å². The fourth-order valence-corrected chi connectivity index (χ4v) is 3.69. The van der Waals surface area contributed by atoms with Gasteiger partial charge in [0.25, 0.3) is 0 Å². The van der Waals surface area contributed by atoms with Crippen LogP contribution >= 0.6 is 0 Å². The van der Waals surface area contributed by atoms with E-state index in [2.05, 4.69) is 18.8 Å². The molecule has 0 aliphatic rings. The quantitative estimate of drug-likeness (QED) is 0.254. The molecule has 1 aromatic carbocycles. The van der Waals surface area contributed by atoms with Crippen LogP contribution in [0, 0.1) is 11.8 Å². The molecule has 1 aromatic heterocycles. The van der Waals surface area contributed by atoms with Gasteiger partial charge in [0.15, 0.2) is 0 Å². The highest BCUT2D eigenvalue weighted by Crippen LogP contribution is 2.23. The number of benzene rings is 1. The van der Waals surface area contributed by atoms with Gasteiger partial charge in [-0.3, -0.25) is 9.78 Å². The zero-order valence-corrected chi connectivity index (χ0v) is 21.4. The number of nitrogens with zero attached hydrogens (tertiary/aromatic N) is 1. The normalized spacial score (nSPS) is 14.3. The molecular weight excluding hydrogens is 450 g/mol. The van der Waals surface area contributed by atoms with Crippen LogP contribution in [-0.2, 0) is 19.0 Å². The molecule has 0 aliphatic heterocycles. The van der Waals surface area contributed by atoms with Crippen LogP contribution in [0.1, 0.15) is 47.0 Å². The summed E-state index contributed by atoms with van der Waals surface area (Å²) in [5.41, 5.74) is 0.752. The molecule has 0 saturated heterocycles. The topological polar surface area (TPSA) is 107 Å². The summed E-state index contributed by atoms with van der Waals surface area (Å²) in [4.78, 5) is 16.6. The molecule has 8 nitrogen and oxygen atoms in total. The lowest BCUT2D eigenvalue weighted by atomic mass is 9.92. The number of hydrogen-bond donors (Lipinski definition) is 2. The molecule has 8 heteroatoms. The Labute approximate surface area is 208 Å². The number of aromatic nitrogens is 1. The summed E-state index contributed by atoms with van der Waals surface area (Å²) in [6, 6.07) is 9.48. The molecule has 2 N–H and O–H groups in total. The highest BCUT2D eigenvalue weighted by molar-refractivity contribution is 5.84. The Morgan fingerprint density at radius 3 is 2.29 bits per heavy atom. The number of para-hydroxylation sites is 1. The first-order valence-electron chi connectivity index (χ1n) is 12.4. The second-order valence-electron chi connectivity index (χ2n) is 9.49. The summed E-state index contributed by atoms with van der Waals surface area (Å²) < 4.78 is 22.0. The highest BCUT2D eigenvalue weighted by atomic mass is 16.5. The Balaban J connectivity index is 1.58. The maximum absolute atomic E-state index is 12.3. The number of fused-ring (bicyclic) bond motifs is 1. The van der Waals surface area contributed by atoms with Gasteiger partial charge in [0.2, 0.25) is 0 Å². The number of rotatable bonds is 17. The lowest BCUT2D eigenvalue weighted by Gasteiger charge is -2.21. The van der Waals surface area contributed by atoms with E-state index in [4.69, 9.17) is 18.9 Å². The Hall–Kier alpha value is -2.26. The lowest BCUT2D eigenvalue weighted by Crippen LogP contribution is -2.26. The minimum Gasteiger partial charge on any atom is -0.489 e. The molecule has 0 radical (unpaired) electrons. The summed E-state index contributed by atoms with van der Waals surface area (Å²) >= 11 is 0. The summed E-state index contributed by atoms with van der Waals surface area (Å²) in [6.45, 7) is 8.76. The van der Waals surface area contributed by atoms with E-state index >= 15 is 0 Å². The van der Waals surface area contributed by atoms with Gasteiger partial charge in [-0.15, -0.1) is 0 Å². The third kappa shape index (κ3) is 11.3. The molecule has 0 amide bonds. The molecule has 0 saturated carbocycles. The van der Waals surface area contributed by atoms with E-state index in [0.717, 1.165) is 17.3 Å². The summed E-state index contributed by atoms with van der Waals surface area (Å²) in [6.07, 6.45) is 1.86. The average Bonchev–Trinajstić information content (AvgIpc) is 2.81. The van der Waals surface area contributed by atoms with Gasteiger partial charge in [-0.25, -0.2) is 0 Å². The van der Waals surface area contributed by atoms with Crippen molar-refractivity contribution in [3.63, 3.8) is 0 Å². The van der Waals surface area contributed by atoms with Crippen LogP contribution < -0.4 is 4.74 Å². The van der Waals surface area contributed by atoms with Gasteiger partial charge in [-0.2, -0.15) is 0 Å². The average molecular weight is 492 g/mol. The van der Waals surface area contributed by atoms with E-state index in [0.29, 0.717) is 31.1 Å². The van der Waals surface area contributed by atoms with Crippen molar-refractivity contribution in [1.29, 1.82) is 0 Å². The van der Waals surface area contributed by atoms with E-state index < -0.39 is 12.2 Å². The molecule has 0 spiro atoms. The van der Waals surface area contributed by atoms with Crippen LogP contribution in [-0.4, -0.2) is 72.5 Å². The molecule has 196 valence electrons. The fourth-order valence-electron chi connectivity index (χ4n) is 3.69. The van der Waals surface area contributed by atoms with Crippen molar-refractivity contribution in [3.05, 3.63) is 36.5 Å². The van der Waals surface area contributed by atoms with Crippen molar-refractivity contribution in [3.8, 4) is 5.75 Å². The van der Waals surface area contributed by atoms with Crippen molar-refractivity contribution in [1.82, 2.24) is 4.98 Å². The van der Waals surface area contributed by atoms with Crippen molar-refractivity contribution >= 4 is 16.9 Å². The molecule has 3 unspecified atom stereocenters. The number of aliphatic hydroxyl groups excluding tert-OH is 2. The van der Waals surface area contributed by atoms with Crippen LogP contribution in [0.3, 0.4) is 0 Å². The maximum Gasteiger partial charge on any atom is 0.309 e. The predicted molar refractivity (Wildman–Crippen MR) is 134 cm³/mol. The van der Waals surface area contributed by atoms with Crippen LogP contribution in [0.25, 0.3) is 10.9 Å². The third-order valence-corrected chi connectivity index (χ3v) is 5.31. The molecule has 0 aliphatic carbocycles. The minimum absolute atomic E-state index is 0.0893. The molecule has 3 atom stereocenters. The zero-order chi connectivity index (χ0) is 25.6. The lowest BCUT2D eigenvalue weighted by molar-refractivity contribution is -0.153. The Morgan fingerprint density at radius 2 is 1.60 bits per heavy atom. The van der Waals surface area contributed by atoms with Gasteiger partial charge in [0, 0.05) is 11.6 Å². The summed E-state index contributed by atoms with van der Waals surface area (Å²) in [5, 5.41) is 21.3. The Kier molecular flexibility index (Phi) is 13.0. The van der Waals surface area contributed by atoms with Crippen LogP contribution in [0.15, 0.2) is 36.5 Å². The first-order valence-corrected chi connectivity index (χ1v) is 12.4.